The Morgan fingerprint density at radius 3 is 2.33 bits per heavy atom. The van der Waals surface area contributed by atoms with Crippen LogP contribution in [0.15, 0.2) is 85.1 Å². The molecule has 0 aliphatic rings. The summed E-state index contributed by atoms with van der Waals surface area (Å²) in [6, 6.07) is 18.3. The number of carboxylic acid groups (broad SMARTS) is 2. The topological polar surface area (TPSA) is 201 Å². The number of benzene rings is 2. The molecule has 0 saturated carbocycles. The minimum absolute atomic E-state index is 0.287. The number of carbonyl (C=O) groups excluding carboxylic acids is 1. The number of hydrogen-bond donors (Lipinski definition) is 4. The van der Waals surface area contributed by atoms with E-state index in [1.54, 1.807) is 36.5 Å². The summed E-state index contributed by atoms with van der Waals surface area (Å²) in [7, 11) is 3.78. The number of nitrogens with one attached hydrogen (secondary N) is 1. The predicted octanol–water partition coefficient (Wildman–Crippen LogP) is 5.23. The molecule has 1 atom stereocenters. The minimum Gasteiger partial charge on any atom is -0.493 e. The second-order valence-corrected chi connectivity index (χ2v) is 10.5. The van der Waals surface area contributed by atoms with E-state index in [0.717, 1.165) is 16.6 Å². The second-order valence-electron chi connectivity index (χ2n) is 10.1. The number of ether oxygens (including phenoxy) is 2. The Morgan fingerprint density at radius 1 is 1.04 bits per heavy atom. The van der Waals surface area contributed by atoms with Crippen molar-refractivity contribution >= 4 is 51.9 Å². The molecule has 1 amide bonds. The number of carboxylic acids is 2. The Hall–Kier alpha value is -5.97. The van der Waals surface area contributed by atoms with E-state index in [1.807, 2.05) is 56.3 Å². The number of fused-ring (bicyclic) bond motifs is 1. The lowest BCUT2D eigenvalue weighted by Crippen LogP contribution is -2.20. The molecule has 0 fully saturated rings. The first-order valence-electron chi connectivity index (χ1n) is 14.3. The zero-order valence-corrected chi connectivity index (χ0v) is 27.0. The Balaban J connectivity index is 0.000000694. The third kappa shape index (κ3) is 10.8. The van der Waals surface area contributed by atoms with Crippen LogP contribution in [0.5, 0.6) is 11.5 Å². The van der Waals surface area contributed by atoms with Crippen molar-refractivity contribution in [3.8, 4) is 17.6 Å². The molecule has 2 aromatic heterocycles. The van der Waals surface area contributed by atoms with Crippen LogP contribution in [-0.2, 0) is 21.0 Å². The molecule has 0 radical (unpaired) electrons. The number of aliphatic carboxylic acids is 2. The highest BCUT2D eigenvalue weighted by molar-refractivity contribution is 6.32. The smallest absolute Gasteiger partial charge is 0.328 e. The fourth-order valence-electron chi connectivity index (χ4n) is 4.26. The van der Waals surface area contributed by atoms with Crippen molar-refractivity contribution in [2.45, 2.75) is 19.6 Å². The fourth-order valence-corrected chi connectivity index (χ4v) is 4.50. The highest BCUT2D eigenvalue weighted by Gasteiger charge is 2.19. The van der Waals surface area contributed by atoms with Gasteiger partial charge in [0, 0.05) is 47.1 Å². The summed E-state index contributed by atoms with van der Waals surface area (Å²) < 4.78 is 11.8. The van der Waals surface area contributed by atoms with E-state index in [-0.39, 0.29) is 12.6 Å². The summed E-state index contributed by atoms with van der Waals surface area (Å²) >= 11 is 6.48. The maximum absolute atomic E-state index is 11.4. The van der Waals surface area contributed by atoms with E-state index < -0.39 is 17.8 Å². The molecule has 0 aliphatic carbocycles. The molecule has 248 valence electrons. The van der Waals surface area contributed by atoms with Gasteiger partial charge in [0.2, 0.25) is 5.91 Å². The highest BCUT2D eigenvalue weighted by atomic mass is 35.5. The van der Waals surface area contributed by atoms with E-state index in [1.165, 1.54) is 6.08 Å². The molecular formula is C34H33ClN6O7. The van der Waals surface area contributed by atoms with Crippen LogP contribution in [0.25, 0.3) is 10.9 Å². The van der Waals surface area contributed by atoms with Crippen LogP contribution in [0.4, 0.5) is 11.5 Å². The summed E-state index contributed by atoms with van der Waals surface area (Å²) in [5, 5.41) is 29.9. The number of likely N-dealkylation sites (N-methyl/N-ethyl adjacent to an activating group) is 1. The molecule has 5 N–H and O–H groups in total. The molecule has 0 bridgehead atoms. The summed E-state index contributed by atoms with van der Waals surface area (Å²) in [5.41, 5.74) is 8.56. The third-order valence-corrected chi connectivity index (χ3v) is 6.64. The van der Waals surface area contributed by atoms with Crippen LogP contribution in [0.3, 0.4) is 0 Å². The predicted molar refractivity (Wildman–Crippen MR) is 180 cm³/mol. The van der Waals surface area contributed by atoms with Crippen LogP contribution < -0.4 is 20.5 Å². The van der Waals surface area contributed by atoms with Gasteiger partial charge in [0.25, 0.3) is 0 Å². The number of rotatable bonds is 13. The van der Waals surface area contributed by atoms with Gasteiger partial charge in [0.15, 0.2) is 0 Å². The van der Waals surface area contributed by atoms with Crippen molar-refractivity contribution in [2.24, 2.45) is 5.73 Å². The van der Waals surface area contributed by atoms with Crippen LogP contribution in [0.2, 0.25) is 5.02 Å². The SMILES string of the molecule is CCOc1cc2nc(Nc3ccc(OCc4ccccn4)c(Cl)c3)c(C#N)cc2cc1C(C=CC(N)=O)N(C)C.O=C(O)/C=C\C(=O)O. The number of primary amides is 1. The van der Waals surface area contributed by atoms with E-state index in [0.29, 0.717) is 57.9 Å². The second kappa shape index (κ2) is 17.7. The van der Waals surface area contributed by atoms with E-state index in [4.69, 9.17) is 42.0 Å². The van der Waals surface area contributed by atoms with Crippen molar-refractivity contribution in [2.75, 3.05) is 26.0 Å². The first kappa shape index (κ1) is 36.5. The number of nitriles is 1. The van der Waals surface area contributed by atoms with Crippen LogP contribution >= 0.6 is 11.6 Å². The number of anilines is 2. The van der Waals surface area contributed by atoms with Gasteiger partial charge in [-0.05, 0) is 63.5 Å². The monoisotopic (exact) mass is 672 g/mol. The average Bonchev–Trinajstić information content (AvgIpc) is 3.04. The van der Waals surface area contributed by atoms with E-state index in [2.05, 4.69) is 16.4 Å². The Bertz CT molecular complexity index is 1860. The molecule has 2 heterocycles. The Morgan fingerprint density at radius 2 is 1.77 bits per heavy atom. The lowest BCUT2D eigenvalue weighted by molar-refractivity contribution is -0.134. The summed E-state index contributed by atoms with van der Waals surface area (Å²) in [6.45, 7) is 2.62. The summed E-state index contributed by atoms with van der Waals surface area (Å²) in [5.74, 6) is -1.55. The Kier molecular flexibility index (Phi) is 13.4. The van der Waals surface area contributed by atoms with Crippen molar-refractivity contribution in [3.05, 3.63) is 107 Å². The zero-order chi connectivity index (χ0) is 35.2. The number of nitrogens with zero attached hydrogens (tertiary/aromatic N) is 4. The molecule has 0 spiro atoms. The van der Waals surface area contributed by atoms with Gasteiger partial charge in [-0.25, -0.2) is 14.6 Å². The molecule has 13 nitrogen and oxygen atoms in total. The van der Waals surface area contributed by atoms with E-state index >= 15 is 0 Å². The summed E-state index contributed by atoms with van der Waals surface area (Å²) in [6.07, 6.45) is 5.87. The number of halogens is 1. The van der Waals surface area contributed by atoms with Crippen molar-refractivity contribution in [3.63, 3.8) is 0 Å². The highest BCUT2D eigenvalue weighted by Crippen LogP contribution is 2.35. The molecular weight excluding hydrogens is 640 g/mol. The summed E-state index contributed by atoms with van der Waals surface area (Å²) in [4.78, 5) is 41.4. The van der Waals surface area contributed by atoms with Crippen LogP contribution in [0, 0.1) is 11.3 Å². The quantitative estimate of drug-likeness (QED) is 0.135. The number of carbonyl (C=O) groups is 3. The van der Waals surface area contributed by atoms with Crippen molar-refractivity contribution in [1.82, 2.24) is 14.9 Å². The lowest BCUT2D eigenvalue weighted by Gasteiger charge is -2.24. The molecule has 4 aromatic rings. The largest absolute Gasteiger partial charge is 0.493 e. The third-order valence-electron chi connectivity index (χ3n) is 6.35. The molecule has 0 aliphatic heterocycles. The van der Waals surface area contributed by atoms with E-state index in [9.17, 15) is 19.6 Å². The lowest BCUT2D eigenvalue weighted by atomic mass is 10.00. The number of pyridine rings is 2. The molecule has 14 heteroatoms. The van der Waals surface area contributed by atoms with Gasteiger partial charge in [-0.1, -0.05) is 23.7 Å². The zero-order valence-electron chi connectivity index (χ0n) is 26.3. The maximum Gasteiger partial charge on any atom is 0.328 e. The van der Waals surface area contributed by atoms with Crippen LogP contribution in [0.1, 0.15) is 29.8 Å². The Labute approximate surface area is 281 Å². The molecule has 4 rings (SSSR count). The normalized spacial score (nSPS) is 11.5. The maximum atomic E-state index is 11.4. The van der Waals surface area contributed by atoms with Gasteiger partial charge in [-0.3, -0.25) is 14.7 Å². The van der Waals surface area contributed by atoms with Gasteiger partial charge in [-0.15, -0.1) is 0 Å². The van der Waals surface area contributed by atoms with Crippen molar-refractivity contribution in [1.29, 1.82) is 5.26 Å². The number of hydrogen-bond acceptors (Lipinski definition) is 10. The van der Waals surface area contributed by atoms with Gasteiger partial charge < -0.3 is 30.7 Å². The van der Waals surface area contributed by atoms with Crippen molar-refractivity contribution < 1.29 is 34.1 Å². The fraction of sp³-hybridized carbons (Fsp3) is 0.176. The average molecular weight is 673 g/mol. The van der Waals surface area contributed by atoms with Gasteiger partial charge in [0.1, 0.15) is 30.0 Å². The van der Waals surface area contributed by atoms with Gasteiger partial charge >= 0.3 is 11.9 Å². The first-order valence-corrected chi connectivity index (χ1v) is 14.7. The van der Waals surface area contributed by atoms with Crippen LogP contribution in [-0.4, -0.2) is 63.6 Å². The molecule has 2 aromatic carbocycles. The van der Waals surface area contributed by atoms with Gasteiger partial charge in [0.05, 0.1) is 34.4 Å². The van der Waals surface area contributed by atoms with Gasteiger partial charge in [-0.2, -0.15) is 5.26 Å². The molecule has 0 saturated heterocycles. The standard InChI is InChI=1S/C30H29ClN6O3.C4H4O4/c1-4-39-28-16-25-19(14-23(28)26(37(2)3)9-11-29(33)38)13-20(17-32)30(36-25)35-21-8-10-27(24(31)15-21)40-18-22-7-5-6-12-34-22;5-3(6)1-2-4(7)8/h5-16,26H,4,18H2,1-3H3,(H2,33,38)(H,35,36);1-2H,(H,5,6)(H,7,8)/b;2-1-. The number of nitrogens with two attached hydrogens (primary N) is 1. The molecule has 1 unspecified atom stereocenters. The first-order chi connectivity index (χ1) is 22.9. The number of aromatic nitrogens is 2. The number of amides is 1. The minimum atomic E-state index is -1.26. The molecule has 48 heavy (non-hydrogen) atoms.